The number of para-hydroxylation sites is 2. The van der Waals surface area contributed by atoms with Gasteiger partial charge in [-0.1, -0.05) is 32.0 Å². The van der Waals surface area contributed by atoms with Crippen LogP contribution in [-0.2, 0) is 0 Å². The van der Waals surface area contributed by atoms with E-state index in [1.807, 2.05) is 56.3 Å². The van der Waals surface area contributed by atoms with Gasteiger partial charge in [0.05, 0.1) is 37.9 Å². The van der Waals surface area contributed by atoms with Crippen molar-refractivity contribution in [1.82, 2.24) is 9.66 Å². The van der Waals surface area contributed by atoms with E-state index in [0.717, 1.165) is 22.4 Å². The van der Waals surface area contributed by atoms with Gasteiger partial charge in [0.2, 0.25) is 0 Å². The van der Waals surface area contributed by atoms with E-state index in [9.17, 15) is 4.79 Å². The van der Waals surface area contributed by atoms with Crippen molar-refractivity contribution in [2.45, 2.75) is 33.6 Å². The van der Waals surface area contributed by atoms with Crippen molar-refractivity contribution in [3.8, 4) is 28.6 Å². The molecule has 0 unspecified atom stereocenters. The molecular weight excluding hydrogens is 454 g/mol. The number of aryl methyl sites for hydroxylation is 1. The van der Waals surface area contributed by atoms with Crippen LogP contribution in [-0.4, -0.2) is 36.7 Å². The zero-order chi connectivity index (χ0) is 25.8. The van der Waals surface area contributed by atoms with Crippen molar-refractivity contribution in [1.29, 1.82) is 0 Å². The standard InChI is InChI=1S/C29H31N3O4/c1-7-36-26-15-19(4)23(16-22(26)18(2)3)28-31-24-13-9-8-12-21(24)29(33)32(28)30-17-20-11-10-14-25(34-5)27(20)35-6/h8-18H,7H2,1-6H3. The first-order valence-electron chi connectivity index (χ1n) is 11.9. The predicted octanol–water partition coefficient (Wildman–Crippen LogP) is 5.79. The van der Waals surface area contributed by atoms with Crippen LogP contribution in [0.3, 0.4) is 0 Å². The lowest BCUT2D eigenvalue weighted by atomic mass is 9.96. The highest BCUT2D eigenvalue weighted by molar-refractivity contribution is 5.86. The number of ether oxygens (including phenoxy) is 3. The maximum Gasteiger partial charge on any atom is 0.282 e. The summed E-state index contributed by atoms with van der Waals surface area (Å²) in [5, 5.41) is 5.10. The van der Waals surface area contributed by atoms with Crippen LogP contribution in [0.4, 0.5) is 0 Å². The van der Waals surface area contributed by atoms with Gasteiger partial charge in [-0.2, -0.15) is 9.78 Å². The number of fused-ring (bicyclic) bond motifs is 1. The Balaban J connectivity index is 1.98. The maximum atomic E-state index is 13.6. The van der Waals surface area contributed by atoms with Crippen LogP contribution in [0.1, 0.15) is 43.4 Å². The minimum Gasteiger partial charge on any atom is -0.494 e. The second kappa shape index (κ2) is 10.6. The highest BCUT2D eigenvalue weighted by atomic mass is 16.5. The van der Waals surface area contributed by atoms with Gasteiger partial charge in [-0.25, -0.2) is 4.98 Å². The monoisotopic (exact) mass is 485 g/mol. The van der Waals surface area contributed by atoms with Gasteiger partial charge in [-0.05, 0) is 67.3 Å². The zero-order valence-electron chi connectivity index (χ0n) is 21.5. The smallest absolute Gasteiger partial charge is 0.282 e. The lowest BCUT2D eigenvalue weighted by Gasteiger charge is -2.18. The van der Waals surface area contributed by atoms with Crippen molar-refractivity contribution in [3.63, 3.8) is 0 Å². The summed E-state index contributed by atoms with van der Waals surface area (Å²) < 4.78 is 18.2. The fourth-order valence-electron chi connectivity index (χ4n) is 4.21. The highest BCUT2D eigenvalue weighted by Crippen LogP contribution is 2.34. The lowest BCUT2D eigenvalue weighted by Crippen LogP contribution is -2.21. The van der Waals surface area contributed by atoms with E-state index in [1.54, 1.807) is 26.5 Å². The summed E-state index contributed by atoms with van der Waals surface area (Å²) in [4.78, 5) is 18.5. The van der Waals surface area contributed by atoms with Crippen molar-refractivity contribution in [3.05, 3.63) is 81.6 Å². The fourth-order valence-corrected chi connectivity index (χ4v) is 4.21. The molecule has 0 aliphatic carbocycles. The van der Waals surface area contributed by atoms with Gasteiger partial charge in [0.15, 0.2) is 17.3 Å². The van der Waals surface area contributed by atoms with E-state index >= 15 is 0 Å². The summed E-state index contributed by atoms with van der Waals surface area (Å²) in [5.74, 6) is 2.63. The molecule has 0 aliphatic rings. The molecule has 0 atom stereocenters. The molecule has 0 saturated carbocycles. The molecule has 36 heavy (non-hydrogen) atoms. The Morgan fingerprint density at radius 1 is 1.03 bits per heavy atom. The van der Waals surface area contributed by atoms with Gasteiger partial charge >= 0.3 is 0 Å². The Bertz CT molecular complexity index is 1490. The molecule has 0 bridgehead atoms. The van der Waals surface area contributed by atoms with E-state index < -0.39 is 0 Å². The Labute approximate surface area is 211 Å². The number of hydrogen-bond donors (Lipinski definition) is 0. The van der Waals surface area contributed by atoms with E-state index in [4.69, 9.17) is 19.2 Å². The molecule has 4 rings (SSSR count). The van der Waals surface area contributed by atoms with Crippen LogP contribution in [0.2, 0.25) is 0 Å². The highest BCUT2D eigenvalue weighted by Gasteiger charge is 2.19. The van der Waals surface area contributed by atoms with E-state index in [2.05, 4.69) is 25.0 Å². The van der Waals surface area contributed by atoms with Gasteiger partial charge in [-0.15, -0.1) is 0 Å². The number of nitrogens with zero attached hydrogens (tertiary/aromatic N) is 3. The first kappa shape index (κ1) is 25.0. The molecule has 0 fully saturated rings. The van der Waals surface area contributed by atoms with E-state index in [0.29, 0.717) is 40.4 Å². The second-order valence-electron chi connectivity index (χ2n) is 8.69. The SMILES string of the molecule is CCOc1cc(C)c(-c2nc3ccccc3c(=O)n2N=Cc2cccc(OC)c2OC)cc1C(C)C. The molecule has 0 saturated heterocycles. The average Bonchev–Trinajstić information content (AvgIpc) is 2.88. The van der Waals surface area contributed by atoms with Crippen molar-refractivity contribution in [2.75, 3.05) is 20.8 Å². The lowest BCUT2D eigenvalue weighted by molar-refractivity contribution is 0.335. The van der Waals surface area contributed by atoms with E-state index in [1.165, 1.54) is 4.68 Å². The number of benzene rings is 3. The van der Waals surface area contributed by atoms with Crippen molar-refractivity contribution >= 4 is 17.1 Å². The third-order valence-corrected chi connectivity index (χ3v) is 6.02. The van der Waals surface area contributed by atoms with Crippen LogP contribution in [0.5, 0.6) is 17.2 Å². The Hall–Kier alpha value is -4.13. The molecule has 7 heteroatoms. The van der Waals surface area contributed by atoms with Gasteiger partial charge in [0.25, 0.3) is 5.56 Å². The van der Waals surface area contributed by atoms with Gasteiger partial charge in [-0.3, -0.25) is 4.79 Å². The van der Waals surface area contributed by atoms with E-state index in [-0.39, 0.29) is 11.5 Å². The normalized spacial score (nSPS) is 11.4. The number of hydrogen-bond acceptors (Lipinski definition) is 6. The molecule has 4 aromatic rings. The molecule has 0 aliphatic heterocycles. The molecule has 1 aromatic heterocycles. The van der Waals surface area contributed by atoms with Crippen molar-refractivity contribution < 1.29 is 14.2 Å². The first-order chi connectivity index (χ1) is 17.4. The van der Waals surface area contributed by atoms with Crippen LogP contribution < -0.4 is 19.8 Å². The maximum absolute atomic E-state index is 13.6. The summed E-state index contributed by atoms with van der Waals surface area (Å²) >= 11 is 0. The Morgan fingerprint density at radius 2 is 1.81 bits per heavy atom. The molecule has 0 spiro atoms. The Morgan fingerprint density at radius 3 is 2.50 bits per heavy atom. The molecule has 186 valence electrons. The van der Waals surface area contributed by atoms with Gasteiger partial charge < -0.3 is 14.2 Å². The molecular formula is C29H31N3O4. The van der Waals surface area contributed by atoms with Crippen LogP contribution in [0.15, 0.2) is 64.5 Å². The Kier molecular flexibility index (Phi) is 7.38. The number of methoxy groups -OCH3 is 2. The molecule has 0 amide bonds. The quantitative estimate of drug-likeness (QED) is 0.295. The summed E-state index contributed by atoms with van der Waals surface area (Å²) in [5.41, 5.74) is 3.84. The minimum absolute atomic E-state index is 0.219. The summed E-state index contributed by atoms with van der Waals surface area (Å²) in [6, 6.07) is 16.9. The summed E-state index contributed by atoms with van der Waals surface area (Å²) in [6.45, 7) is 8.76. The summed E-state index contributed by atoms with van der Waals surface area (Å²) in [6.07, 6.45) is 1.59. The number of aromatic nitrogens is 2. The van der Waals surface area contributed by atoms with Crippen molar-refractivity contribution in [2.24, 2.45) is 5.10 Å². The topological polar surface area (TPSA) is 74.9 Å². The largest absolute Gasteiger partial charge is 0.494 e. The third kappa shape index (κ3) is 4.69. The average molecular weight is 486 g/mol. The molecule has 3 aromatic carbocycles. The zero-order valence-corrected chi connectivity index (χ0v) is 21.5. The second-order valence-corrected chi connectivity index (χ2v) is 8.69. The van der Waals surface area contributed by atoms with Crippen LogP contribution in [0, 0.1) is 6.92 Å². The third-order valence-electron chi connectivity index (χ3n) is 6.02. The van der Waals surface area contributed by atoms with Crippen LogP contribution >= 0.6 is 0 Å². The number of rotatable bonds is 8. The minimum atomic E-state index is -0.256. The summed E-state index contributed by atoms with van der Waals surface area (Å²) in [7, 11) is 3.15. The molecule has 0 radical (unpaired) electrons. The molecule has 0 N–H and O–H groups in total. The van der Waals surface area contributed by atoms with Gasteiger partial charge in [0.1, 0.15) is 5.75 Å². The molecule has 7 nitrogen and oxygen atoms in total. The first-order valence-corrected chi connectivity index (χ1v) is 11.9. The fraction of sp³-hybridized carbons (Fsp3) is 0.276. The molecule has 1 heterocycles. The van der Waals surface area contributed by atoms with Crippen LogP contribution in [0.25, 0.3) is 22.3 Å². The predicted molar refractivity (Wildman–Crippen MR) is 144 cm³/mol. The van der Waals surface area contributed by atoms with Gasteiger partial charge in [0, 0.05) is 11.1 Å².